The average Bonchev–Trinajstić information content (AvgIpc) is 2.71. The molecule has 0 aliphatic carbocycles. The summed E-state index contributed by atoms with van der Waals surface area (Å²) in [7, 11) is 0. The van der Waals surface area contributed by atoms with Crippen LogP contribution in [0, 0.1) is 5.82 Å². The normalized spacial score (nSPS) is 12.6. The summed E-state index contributed by atoms with van der Waals surface area (Å²) in [6.45, 7) is 2.91. The number of nitrogens with zero attached hydrogens (tertiary/aromatic N) is 1. The topological polar surface area (TPSA) is 24.9 Å². The van der Waals surface area contributed by atoms with Gasteiger partial charge >= 0.3 is 0 Å². The summed E-state index contributed by atoms with van der Waals surface area (Å²) < 4.78 is 16.0. The van der Waals surface area contributed by atoms with Crippen LogP contribution in [0.25, 0.3) is 0 Å². The lowest BCUT2D eigenvalue weighted by Crippen LogP contribution is -2.24. The maximum absolute atomic E-state index is 14.0. The standard InChI is InChI=1S/C13H13Br2FN2S/c1-2-4-18-12(8-3-5-17-7-10(8)16)9-6-11(14)19-13(9)15/h3,5-7,12,18H,2,4H2,1H3. The van der Waals surface area contributed by atoms with Crippen molar-refractivity contribution in [1.29, 1.82) is 0 Å². The Bertz CT molecular complexity index is 559. The van der Waals surface area contributed by atoms with Crippen molar-refractivity contribution >= 4 is 43.2 Å². The highest BCUT2D eigenvalue weighted by Gasteiger charge is 2.21. The molecule has 2 aromatic heterocycles. The third-order valence-corrected chi connectivity index (χ3v) is 5.09. The summed E-state index contributed by atoms with van der Waals surface area (Å²) in [4.78, 5) is 3.81. The predicted octanol–water partition coefficient (Wildman–Crippen LogP) is 4.90. The first-order valence-corrected chi connectivity index (χ1v) is 8.31. The summed E-state index contributed by atoms with van der Waals surface area (Å²) in [5.74, 6) is -0.287. The van der Waals surface area contributed by atoms with Gasteiger partial charge in [-0.05, 0) is 62.5 Å². The number of hydrogen-bond acceptors (Lipinski definition) is 3. The molecule has 0 saturated carbocycles. The highest BCUT2D eigenvalue weighted by atomic mass is 79.9. The lowest BCUT2D eigenvalue weighted by Gasteiger charge is -2.19. The molecule has 2 rings (SSSR count). The van der Waals surface area contributed by atoms with E-state index in [2.05, 4.69) is 49.1 Å². The Morgan fingerprint density at radius 2 is 2.21 bits per heavy atom. The highest BCUT2D eigenvalue weighted by molar-refractivity contribution is 9.12. The molecule has 0 spiro atoms. The van der Waals surface area contributed by atoms with Crippen molar-refractivity contribution in [3.8, 4) is 0 Å². The lowest BCUT2D eigenvalue weighted by atomic mass is 10.0. The third kappa shape index (κ3) is 3.62. The molecule has 0 aliphatic rings. The minimum Gasteiger partial charge on any atom is -0.306 e. The molecule has 2 nitrogen and oxygen atoms in total. The molecule has 2 heterocycles. The lowest BCUT2D eigenvalue weighted by molar-refractivity contribution is 0.543. The Morgan fingerprint density at radius 1 is 1.42 bits per heavy atom. The molecule has 1 atom stereocenters. The van der Waals surface area contributed by atoms with E-state index >= 15 is 0 Å². The number of hydrogen-bond donors (Lipinski definition) is 1. The molecule has 1 unspecified atom stereocenters. The molecular formula is C13H13Br2FN2S. The highest BCUT2D eigenvalue weighted by Crippen LogP contribution is 2.38. The van der Waals surface area contributed by atoms with Crippen molar-refractivity contribution in [3.63, 3.8) is 0 Å². The van der Waals surface area contributed by atoms with Gasteiger partial charge in [0.25, 0.3) is 0 Å². The first kappa shape index (κ1) is 15.1. The molecule has 1 N–H and O–H groups in total. The van der Waals surface area contributed by atoms with Crippen LogP contribution in [0.4, 0.5) is 4.39 Å². The second-order valence-corrected chi connectivity index (χ2v) is 7.81. The van der Waals surface area contributed by atoms with Crippen LogP contribution in [0.3, 0.4) is 0 Å². The SMILES string of the molecule is CCCNC(c1ccncc1F)c1cc(Br)sc1Br. The second kappa shape index (κ2) is 6.92. The summed E-state index contributed by atoms with van der Waals surface area (Å²) in [6, 6.07) is 3.57. The summed E-state index contributed by atoms with van der Waals surface area (Å²) >= 11 is 8.59. The molecular weight excluding hydrogens is 395 g/mol. The van der Waals surface area contributed by atoms with Crippen molar-refractivity contribution in [2.24, 2.45) is 0 Å². The van der Waals surface area contributed by atoms with Crippen LogP contribution in [0.5, 0.6) is 0 Å². The molecule has 0 bridgehead atoms. The van der Waals surface area contributed by atoms with Gasteiger partial charge in [0.2, 0.25) is 0 Å². The molecule has 0 amide bonds. The fourth-order valence-electron chi connectivity index (χ4n) is 1.85. The van der Waals surface area contributed by atoms with Gasteiger partial charge in [0.15, 0.2) is 0 Å². The van der Waals surface area contributed by atoms with Crippen molar-refractivity contribution in [2.75, 3.05) is 6.54 Å². The van der Waals surface area contributed by atoms with Crippen molar-refractivity contribution in [3.05, 3.63) is 49.0 Å². The molecule has 0 aliphatic heterocycles. The number of halogens is 3. The Hall–Kier alpha value is -0.300. The van der Waals surface area contributed by atoms with E-state index in [0.717, 1.165) is 26.1 Å². The molecule has 102 valence electrons. The van der Waals surface area contributed by atoms with Crippen LogP contribution in [0.15, 0.2) is 32.1 Å². The van der Waals surface area contributed by atoms with Crippen LogP contribution in [-0.2, 0) is 0 Å². The maximum atomic E-state index is 14.0. The first-order valence-electron chi connectivity index (χ1n) is 5.91. The van der Waals surface area contributed by atoms with Crippen LogP contribution in [0.1, 0.15) is 30.5 Å². The van der Waals surface area contributed by atoms with Gasteiger partial charge < -0.3 is 5.32 Å². The average molecular weight is 408 g/mol. The fourth-order valence-corrected chi connectivity index (χ4v) is 4.75. The van der Waals surface area contributed by atoms with Gasteiger partial charge in [-0.1, -0.05) is 6.92 Å². The van der Waals surface area contributed by atoms with Gasteiger partial charge in [-0.15, -0.1) is 11.3 Å². The van der Waals surface area contributed by atoms with Crippen LogP contribution >= 0.6 is 43.2 Å². The summed E-state index contributed by atoms with van der Waals surface area (Å²) in [6.07, 6.45) is 3.87. The quantitative estimate of drug-likeness (QED) is 0.762. The number of rotatable bonds is 5. The summed E-state index contributed by atoms with van der Waals surface area (Å²) in [5.41, 5.74) is 1.66. The van der Waals surface area contributed by atoms with Crippen LogP contribution in [-0.4, -0.2) is 11.5 Å². The van der Waals surface area contributed by atoms with E-state index in [-0.39, 0.29) is 11.9 Å². The first-order chi connectivity index (χ1) is 9.13. The van der Waals surface area contributed by atoms with Gasteiger partial charge in [0.05, 0.1) is 19.8 Å². The monoisotopic (exact) mass is 406 g/mol. The number of pyridine rings is 1. The van der Waals surface area contributed by atoms with Gasteiger partial charge in [-0.25, -0.2) is 4.39 Å². The molecule has 0 radical (unpaired) electrons. The Labute approximate surface area is 132 Å². The predicted molar refractivity (Wildman–Crippen MR) is 84.1 cm³/mol. The van der Waals surface area contributed by atoms with Crippen molar-refractivity contribution < 1.29 is 4.39 Å². The third-order valence-electron chi connectivity index (χ3n) is 2.71. The Balaban J connectivity index is 2.41. The largest absolute Gasteiger partial charge is 0.306 e. The van der Waals surface area contributed by atoms with Gasteiger partial charge in [-0.3, -0.25) is 4.98 Å². The Morgan fingerprint density at radius 3 is 2.79 bits per heavy atom. The van der Waals surface area contributed by atoms with Gasteiger partial charge in [0.1, 0.15) is 5.82 Å². The van der Waals surface area contributed by atoms with E-state index in [1.165, 1.54) is 6.20 Å². The van der Waals surface area contributed by atoms with E-state index in [1.54, 1.807) is 23.6 Å². The van der Waals surface area contributed by atoms with E-state index in [9.17, 15) is 4.39 Å². The smallest absolute Gasteiger partial charge is 0.146 e. The van der Waals surface area contributed by atoms with Gasteiger partial charge in [0, 0.05) is 11.8 Å². The minimum absolute atomic E-state index is 0.167. The minimum atomic E-state index is -0.287. The fraction of sp³-hybridized carbons (Fsp3) is 0.308. The number of nitrogens with one attached hydrogen (secondary N) is 1. The molecule has 19 heavy (non-hydrogen) atoms. The van der Waals surface area contributed by atoms with Crippen molar-refractivity contribution in [2.45, 2.75) is 19.4 Å². The molecule has 6 heteroatoms. The molecule has 0 saturated heterocycles. The summed E-state index contributed by atoms with van der Waals surface area (Å²) in [5, 5.41) is 3.39. The number of thiophene rings is 1. The number of aromatic nitrogens is 1. The van der Waals surface area contributed by atoms with E-state index in [1.807, 2.05) is 6.07 Å². The zero-order valence-corrected chi connectivity index (χ0v) is 14.3. The second-order valence-electron chi connectivity index (χ2n) is 4.06. The van der Waals surface area contributed by atoms with Gasteiger partial charge in [-0.2, -0.15) is 0 Å². The zero-order chi connectivity index (χ0) is 13.8. The zero-order valence-electron chi connectivity index (χ0n) is 10.3. The van der Waals surface area contributed by atoms with E-state index in [0.29, 0.717) is 5.56 Å². The molecule has 2 aromatic rings. The molecule has 0 fully saturated rings. The Kier molecular flexibility index (Phi) is 5.50. The maximum Gasteiger partial charge on any atom is 0.146 e. The van der Waals surface area contributed by atoms with E-state index < -0.39 is 0 Å². The van der Waals surface area contributed by atoms with E-state index in [4.69, 9.17) is 0 Å². The molecule has 0 aromatic carbocycles. The van der Waals surface area contributed by atoms with Crippen LogP contribution < -0.4 is 5.32 Å². The van der Waals surface area contributed by atoms with Crippen LogP contribution in [0.2, 0.25) is 0 Å². The van der Waals surface area contributed by atoms with Crippen molar-refractivity contribution in [1.82, 2.24) is 10.3 Å².